The SMILES string of the molecule is COc1ncnc(-c2ccc(-c3cnc(N(C)[C@H]4CC5CCC(N5)[C@H]4F)cn3)c(O)c2)n1. The monoisotopic (exact) mass is 437 g/mol. The summed E-state index contributed by atoms with van der Waals surface area (Å²) < 4.78 is 19.9. The standard InChI is InChI=1S/C22H24FN7O2/c1-30(17-8-13-4-6-15(28-13)20(17)23)19-10-24-16(9-25-19)14-5-3-12(7-18(14)31)21-26-11-27-22(29-21)32-2/h3,5,7,9-11,13,15,17,20,28,31H,4,6,8H2,1-2H3/t13?,15?,17-,20+/m0/s1. The molecule has 166 valence electrons. The van der Waals surface area contributed by atoms with Crippen LogP contribution in [0.15, 0.2) is 36.9 Å². The summed E-state index contributed by atoms with van der Waals surface area (Å²) in [7, 11) is 3.34. The molecule has 2 fully saturated rings. The van der Waals surface area contributed by atoms with E-state index >= 15 is 0 Å². The minimum Gasteiger partial charge on any atom is -0.507 e. The van der Waals surface area contributed by atoms with E-state index in [-0.39, 0.29) is 23.8 Å². The molecule has 4 heterocycles. The van der Waals surface area contributed by atoms with Crippen molar-refractivity contribution in [3.8, 4) is 34.4 Å². The minimum atomic E-state index is -0.939. The van der Waals surface area contributed by atoms with Crippen molar-refractivity contribution in [2.45, 2.75) is 43.6 Å². The van der Waals surface area contributed by atoms with Gasteiger partial charge in [0.15, 0.2) is 5.82 Å². The number of ether oxygens (including phenoxy) is 1. The Bertz CT molecular complexity index is 1110. The fraction of sp³-hybridized carbons (Fsp3) is 0.409. The number of nitrogens with one attached hydrogen (secondary N) is 1. The lowest BCUT2D eigenvalue weighted by Crippen LogP contribution is -2.55. The zero-order valence-corrected chi connectivity index (χ0v) is 17.8. The van der Waals surface area contributed by atoms with Crippen LogP contribution in [0, 0.1) is 0 Å². The molecular weight excluding hydrogens is 413 g/mol. The smallest absolute Gasteiger partial charge is 0.319 e. The molecule has 2 bridgehead atoms. The zero-order chi connectivity index (χ0) is 22.2. The number of aromatic nitrogens is 5. The van der Waals surface area contributed by atoms with Gasteiger partial charge < -0.3 is 20.1 Å². The molecule has 5 rings (SSSR count). The molecule has 10 heteroatoms. The number of anilines is 1. The van der Waals surface area contributed by atoms with Crippen molar-refractivity contribution in [1.29, 1.82) is 0 Å². The number of aromatic hydroxyl groups is 1. The number of nitrogens with zero attached hydrogens (tertiary/aromatic N) is 6. The van der Waals surface area contributed by atoms with Gasteiger partial charge in [0.1, 0.15) is 24.1 Å². The van der Waals surface area contributed by atoms with Gasteiger partial charge >= 0.3 is 6.01 Å². The lowest BCUT2D eigenvalue weighted by atomic mass is 9.96. The van der Waals surface area contributed by atoms with Crippen molar-refractivity contribution in [1.82, 2.24) is 30.2 Å². The molecule has 2 saturated heterocycles. The molecule has 32 heavy (non-hydrogen) atoms. The molecule has 9 nitrogen and oxygen atoms in total. The van der Waals surface area contributed by atoms with Gasteiger partial charge in [-0.2, -0.15) is 9.97 Å². The molecule has 1 aromatic carbocycles. The number of halogens is 1. The van der Waals surface area contributed by atoms with Gasteiger partial charge in [0.2, 0.25) is 0 Å². The second-order valence-electron chi connectivity index (χ2n) is 8.19. The molecule has 3 aromatic rings. The predicted octanol–water partition coefficient (Wildman–Crippen LogP) is 2.38. The van der Waals surface area contributed by atoms with Gasteiger partial charge in [0.25, 0.3) is 0 Å². The lowest BCUT2D eigenvalue weighted by Gasteiger charge is -2.38. The largest absolute Gasteiger partial charge is 0.507 e. The van der Waals surface area contributed by atoms with Gasteiger partial charge in [-0.05, 0) is 31.4 Å². The Morgan fingerprint density at radius 3 is 2.78 bits per heavy atom. The highest BCUT2D eigenvalue weighted by Crippen LogP contribution is 2.34. The van der Waals surface area contributed by atoms with Crippen LogP contribution in [0.3, 0.4) is 0 Å². The molecule has 0 spiro atoms. The molecule has 0 radical (unpaired) electrons. The van der Waals surface area contributed by atoms with Gasteiger partial charge in [-0.1, -0.05) is 6.07 Å². The Labute approximate surface area is 184 Å². The number of hydrogen-bond acceptors (Lipinski definition) is 9. The van der Waals surface area contributed by atoms with E-state index in [0.29, 0.717) is 34.5 Å². The molecular formula is C22H24FN7O2. The Hall–Kier alpha value is -3.40. The Morgan fingerprint density at radius 2 is 2.03 bits per heavy atom. The van der Waals surface area contributed by atoms with Crippen LogP contribution in [0.5, 0.6) is 11.8 Å². The summed E-state index contributed by atoms with van der Waals surface area (Å²) in [5.41, 5.74) is 1.66. The first-order chi connectivity index (χ1) is 15.5. The summed E-state index contributed by atoms with van der Waals surface area (Å²) in [5.74, 6) is 1.02. The average molecular weight is 437 g/mol. The van der Waals surface area contributed by atoms with Gasteiger partial charge in [-0.25, -0.2) is 14.4 Å². The van der Waals surface area contributed by atoms with Crippen LogP contribution in [0.2, 0.25) is 0 Å². The second kappa shape index (κ2) is 8.27. The number of rotatable bonds is 5. The number of benzene rings is 1. The van der Waals surface area contributed by atoms with E-state index < -0.39 is 6.17 Å². The van der Waals surface area contributed by atoms with Crippen LogP contribution >= 0.6 is 0 Å². The van der Waals surface area contributed by atoms with Crippen molar-refractivity contribution >= 4 is 5.82 Å². The van der Waals surface area contributed by atoms with Crippen molar-refractivity contribution in [2.75, 3.05) is 19.1 Å². The first-order valence-electron chi connectivity index (χ1n) is 10.6. The van der Waals surface area contributed by atoms with Crippen LogP contribution in [0.1, 0.15) is 19.3 Å². The van der Waals surface area contributed by atoms with E-state index in [0.717, 1.165) is 19.3 Å². The van der Waals surface area contributed by atoms with Crippen molar-refractivity contribution in [3.63, 3.8) is 0 Å². The van der Waals surface area contributed by atoms with Gasteiger partial charge in [-0.3, -0.25) is 4.98 Å². The summed E-state index contributed by atoms with van der Waals surface area (Å²) >= 11 is 0. The van der Waals surface area contributed by atoms with Crippen LogP contribution < -0.4 is 15.0 Å². The third-order valence-electron chi connectivity index (χ3n) is 6.32. The summed E-state index contributed by atoms with van der Waals surface area (Å²) in [6, 6.07) is 5.34. The Balaban J connectivity index is 1.35. The number of methoxy groups -OCH3 is 1. The number of alkyl halides is 1. The summed E-state index contributed by atoms with van der Waals surface area (Å²) in [4.78, 5) is 23.0. The second-order valence-corrected chi connectivity index (χ2v) is 8.19. The maximum absolute atomic E-state index is 14.9. The normalized spacial score (nSPS) is 24.3. The van der Waals surface area contributed by atoms with Gasteiger partial charge in [0.05, 0.1) is 31.2 Å². The van der Waals surface area contributed by atoms with Crippen molar-refractivity contribution < 1.29 is 14.2 Å². The molecule has 0 saturated carbocycles. The van der Waals surface area contributed by atoms with Gasteiger partial charge in [0, 0.05) is 30.3 Å². The lowest BCUT2D eigenvalue weighted by molar-refractivity contribution is 0.176. The van der Waals surface area contributed by atoms with Crippen molar-refractivity contribution in [2.24, 2.45) is 0 Å². The maximum Gasteiger partial charge on any atom is 0.319 e. The molecule has 0 amide bonds. The quantitative estimate of drug-likeness (QED) is 0.622. The first kappa shape index (κ1) is 20.5. The highest BCUT2D eigenvalue weighted by molar-refractivity contribution is 5.71. The van der Waals surface area contributed by atoms with E-state index in [2.05, 4.69) is 30.2 Å². The summed E-state index contributed by atoms with van der Waals surface area (Å²) in [6.45, 7) is 0. The van der Waals surface area contributed by atoms with E-state index in [9.17, 15) is 9.50 Å². The third-order valence-corrected chi connectivity index (χ3v) is 6.32. The van der Waals surface area contributed by atoms with Crippen molar-refractivity contribution in [3.05, 3.63) is 36.9 Å². The fourth-order valence-electron chi connectivity index (χ4n) is 4.57. The third kappa shape index (κ3) is 3.70. The topological polar surface area (TPSA) is 109 Å². The summed E-state index contributed by atoms with van der Waals surface area (Å²) in [5, 5.41) is 13.9. The molecule has 2 unspecified atom stereocenters. The predicted molar refractivity (Wildman–Crippen MR) is 116 cm³/mol. The van der Waals surface area contributed by atoms with Crippen LogP contribution in [0.4, 0.5) is 10.2 Å². The van der Waals surface area contributed by atoms with Crippen LogP contribution in [0.25, 0.3) is 22.6 Å². The average Bonchev–Trinajstić information content (AvgIpc) is 3.24. The first-order valence-corrected chi connectivity index (χ1v) is 10.6. The number of phenolic OH excluding ortho intramolecular Hbond substituents is 1. The van der Waals surface area contributed by atoms with E-state index in [4.69, 9.17) is 4.74 Å². The van der Waals surface area contributed by atoms with E-state index in [1.54, 1.807) is 30.6 Å². The fourth-order valence-corrected chi connectivity index (χ4v) is 4.57. The number of fused-ring (bicyclic) bond motifs is 2. The van der Waals surface area contributed by atoms with E-state index in [1.807, 2.05) is 11.9 Å². The number of hydrogen-bond donors (Lipinski definition) is 2. The molecule has 0 aliphatic carbocycles. The number of phenols is 1. The maximum atomic E-state index is 14.9. The molecule has 2 N–H and O–H groups in total. The number of piperidine rings is 1. The molecule has 2 aliphatic heterocycles. The molecule has 2 aromatic heterocycles. The Morgan fingerprint density at radius 1 is 1.16 bits per heavy atom. The minimum absolute atomic E-state index is 0.0241. The highest BCUT2D eigenvalue weighted by Gasteiger charge is 2.43. The zero-order valence-electron chi connectivity index (χ0n) is 17.8. The molecule has 2 aliphatic rings. The van der Waals surface area contributed by atoms with Gasteiger partial charge in [-0.15, -0.1) is 0 Å². The highest BCUT2D eigenvalue weighted by atomic mass is 19.1. The van der Waals surface area contributed by atoms with Crippen LogP contribution in [-0.4, -0.2) is 68.5 Å². The Kier molecular flexibility index (Phi) is 5.30. The molecule has 4 atom stereocenters. The van der Waals surface area contributed by atoms with E-state index in [1.165, 1.54) is 13.4 Å². The van der Waals surface area contributed by atoms with Crippen LogP contribution in [-0.2, 0) is 0 Å². The summed E-state index contributed by atoms with van der Waals surface area (Å²) in [6.07, 6.45) is 6.28.